The smallest absolute Gasteiger partial charge is 0.241 e. The molecule has 2 aromatic carbocycles. The molecule has 0 saturated carbocycles. The van der Waals surface area contributed by atoms with Crippen molar-refractivity contribution in [2.24, 2.45) is 0 Å². The zero-order valence-corrected chi connectivity index (χ0v) is 14.4. The summed E-state index contributed by atoms with van der Waals surface area (Å²) in [5.74, 6) is -0.0898. The van der Waals surface area contributed by atoms with E-state index >= 15 is 0 Å². The van der Waals surface area contributed by atoms with Crippen LogP contribution < -0.4 is 4.72 Å². The SMILES string of the molecule is CCC(NS(=O)(=O)c1ccc(C(C)=O)cc1)c1ccc(C)cc1. The highest BCUT2D eigenvalue weighted by atomic mass is 32.2. The summed E-state index contributed by atoms with van der Waals surface area (Å²) in [5.41, 5.74) is 2.56. The third-order valence-electron chi connectivity index (χ3n) is 3.76. The van der Waals surface area contributed by atoms with Gasteiger partial charge in [-0.3, -0.25) is 4.79 Å². The summed E-state index contributed by atoms with van der Waals surface area (Å²) in [7, 11) is -3.63. The fourth-order valence-corrected chi connectivity index (χ4v) is 3.62. The highest BCUT2D eigenvalue weighted by Crippen LogP contribution is 2.21. The van der Waals surface area contributed by atoms with Crippen LogP contribution >= 0.6 is 0 Å². The molecule has 1 atom stereocenters. The van der Waals surface area contributed by atoms with Gasteiger partial charge in [-0.15, -0.1) is 0 Å². The Morgan fingerprint density at radius 3 is 2.09 bits per heavy atom. The molecule has 0 bridgehead atoms. The van der Waals surface area contributed by atoms with Gasteiger partial charge in [0.1, 0.15) is 0 Å². The number of aryl methyl sites for hydroxylation is 1. The van der Waals surface area contributed by atoms with Gasteiger partial charge in [0.15, 0.2) is 5.78 Å². The lowest BCUT2D eigenvalue weighted by Crippen LogP contribution is -2.28. The first-order chi connectivity index (χ1) is 10.8. The molecule has 2 rings (SSSR count). The van der Waals surface area contributed by atoms with E-state index in [1.807, 2.05) is 38.1 Å². The zero-order chi connectivity index (χ0) is 17.0. The number of carbonyl (C=O) groups is 1. The van der Waals surface area contributed by atoms with E-state index in [0.29, 0.717) is 12.0 Å². The molecule has 0 aliphatic rings. The van der Waals surface area contributed by atoms with Gasteiger partial charge in [0.2, 0.25) is 10.0 Å². The molecule has 0 heterocycles. The molecule has 1 N–H and O–H groups in total. The molecular weight excluding hydrogens is 310 g/mol. The number of nitrogens with one attached hydrogen (secondary N) is 1. The van der Waals surface area contributed by atoms with Crippen LogP contribution in [0, 0.1) is 6.92 Å². The number of benzene rings is 2. The third kappa shape index (κ3) is 4.27. The van der Waals surface area contributed by atoms with Gasteiger partial charge in [-0.1, -0.05) is 48.9 Å². The number of sulfonamides is 1. The van der Waals surface area contributed by atoms with E-state index < -0.39 is 10.0 Å². The fourth-order valence-electron chi connectivity index (χ4n) is 2.31. The van der Waals surface area contributed by atoms with Crippen molar-refractivity contribution in [2.75, 3.05) is 0 Å². The standard InChI is InChI=1S/C18H21NO3S/c1-4-18(16-7-5-13(2)6-8-16)19-23(21,22)17-11-9-15(10-12-17)14(3)20/h5-12,18-19H,4H2,1-3H3. The second kappa shape index (κ2) is 7.06. The van der Waals surface area contributed by atoms with E-state index in [1.165, 1.54) is 31.2 Å². The normalized spacial score (nSPS) is 12.8. The van der Waals surface area contributed by atoms with Crippen LogP contribution in [0.5, 0.6) is 0 Å². The van der Waals surface area contributed by atoms with Crippen molar-refractivity contribution in [3.63, 3.8) is 0 Å². The monoisotopic (exact) mass is 331 g/mol. The predicted molar refractivity (Wildman–Crippen MR) is 91.0 cm³/mol. The minimum atomic E-state index is -3.63. The first-order valence-electron chi connectivity index (χ1n) is 7.53. The van der Waals surface area contributed by atoms with Crippen molar-refractivity contribution in [3.8, 4) is 0 Å². The number of rotatable bonds is 6. The number of Topliss-reactive ketones (excluding diaryl/α,β-unsaturated/α-hetero) is 1. The molecular formula is C18H21NO3S. The predicted octanol–water partition coefficient (Wildman–Crippen LogP) is 3.63. The second-order valence-corrected chi connectivity index (χ2v) is 7.29. The Morgan fingerprint density at radius 1 is 1.04 bits per heavy atom. The molecule has 1 unspecified atom stereocenters. The molecule has 0 aliphatic carbocycles. The Bertz CT molecular complexity index is 778. The van der Waals surface area contributed by atoms with Gasteiger partial charge in [-0.05, 0) is 38.0 Å². The first kappa shape index (κ1) is 17.4. The van der Waals surface area contributed by atoms with Gasteiger partial charge in [0.25, 0.3) is 0 Å². The summed E-state index contributed by atoms with van der Waals surface area (Å²) in [6, 6.07) is 13.5. The van der Waals surface area contributed by atoms with Gasteiger partial charge < -0.3 is 0 Å². The van der Waals surface area contributed by atoms with Gasteiger partial charge in [-0.25, -0.2) is 13.1 Å². The topological polar surface area (TPSA) is 63.2 Å². The quantitative estimate of drug-likeness (QED) is 0.822. The number of hydrogen-bond donors (Lipinski definition) is 1. The van der Waals surface area contributed by atoms with Crippen LogP contribution in [0.3, 0.4) is 0 Å². The molecule has 4 nitrogen and oxygen atoms in total. The molecule has 0 spiro atoms. The van der Waals surface area contributed by atoms with E-state index in [4.69, 9.17) is 0 Å². The number of hydrogen-bond acceptors (Lipinski definition) is 3. The molecule has 5 heteroatoms. The molecule has 0 fully saturated rings. The Morgan fingerprint density at radius 2 is 1.61 bits per heavy atom. The van der Waals surface area contributed by atoms with E-state index in [0.717, 1.165) is 11.1 Å². The zero-order valence-electron chi connectivity index (χ0n) is 13.5. The number of carbonyl (C=O) groups excluding carboxylic acids is 1. The van der Waals surface area contributed by atoms with Crippen molar-refractivity contribution < 1.29 is 13.2 Å². The lowest BCUT2D eigenvalue weighted by atomic mass is 10.0. The Balaban J connectivity index is 2.24. The maximum Gasteiger partial charge on any atom is 0.241 e. The fraction of sp³-hybridized carbons (Fsp3) is 0.278. The average molecular weight is 331 g/mol. The highest BCUT2D eigenvalue weighted by Gasteiger charge is 2.20. The van der Waals surface area contributed by atoms with E-state index in [2.05, 4.69) is 4.72 Å². The lowest BCUT2D eigenvalue weighted by Gasteiger charge is -2.18. The molecule has 0 amide bonds. The number of ketones is 1. The van der Waals surface area contributed by atoms with E-state index in [9.17, 15) is 13.2 Å². The van der Waals surface area contributed by atoms with Gasteiger partial charge in [-0.2, -0.15) is 0 Å². The summed E-state index contributed by atoms with van der Waals surface area (Å²) in [6.45, 7) is 5.38. The minimum Gasteiger partial charge on any atom is -0.295 e. The van der Waals surface area contributed by atoms with Gasteiger partial charge in [0, 0.05) is 11.6 Å². The molecule has 0 aliphatic heterocycles. The molecule has 0 radical (unpaired) electrons. The van der Waals surface area contributed by atoms with Crippen molar-refractivity contribution in [1.82, 2.24) is 4.72 Å². The lowest BCUT2D eigenvalue weighted by molar-refractivity contribution is 0.101. The summed E-state index contributed by atoms with van der Waals surface area (Å²) < 4.78 is 27.8. The van der Waals surface area contributed by atoms with Crippen LogP contribution in [-0.4, -0.2) is 14.2 Å². The minimum absolute atomic E-state index is 0.0898. The Hall–Kier alpha value is -1.98. The van der Waals surface area contributed by atoms with Gasteiger partial charge in [0.05, 0.1) is 4.90 Å². The van der Waals surface area contributed by atoms with Crippen molar-refractivity contribution >= 4 is 15.8 Å². The molecule has 0 aromatic heterocycles. The second-order valence-electron chi connectivity index (χ2n) is 5.57. The molecule has 2 aromatic rings. The van der Waals surface area contributed by atoms with Crippen LogP contribution in [0.25, 0.3) is 0 Å². The van der Waals surface area contributed by atoms with Crippen molar-refractivity contribution in [1.29, 1.82) is 0 Å². The van der Waals surface area contributed by atoms with Crippen LogP contribution in [0.15, 0.2) is 53.4 Å². The molecule has 23 heavy (non-hydrogen) atoms. The van der Waals surface area contributed by atoms with E-state index in [1.54, 1.807) is 0 Å². The van der Waals surface area contributed by atoms with Crippen molar-refractivity contribution in [3.05, 3.63) is 65.2 Å². The average Bonchev–Trinajstić information content (AvgIpc) is 2.53. The third-order valence-corrected chi connectivity index (χ3v) is 5.24. The summed E-state index contributed by atoms with van der Waals surface area (Å²) in [6.07, 6.45) is 0.647. The maximum atomic E-state index is 12.5. The van der Waals surface area contributed by atoms with Crippen LogP contribution in [-0.2, 0) is 10.0 Å². The summed E-state index contributed by atoms with van der Waals surface area (Å²) >= 11 is 0. The maximum absolute atomic E-state index is 12.5. The highest BCUT2D eigenvalue weighted by molar-refractivity contribution is 7.89. The first-order valence-corrected chi connectivity index (χ1v) is 9.01. The van der Waals surface area contributed by atoms with Gasteiger partial charge >= 0.3 is 0 Å². The summed E-state index contributed by atoms with van der Waals surface area (Å²) in [4.78, 5) is 11.4. The molecule has 122 valence electrons. The van der Waals surface area contributed by atoms with E-state index in [-0.39, 0.29) is 16.7 Å². The largest absolute Gasteiger partial charge is 0.295 e. The van der Waals surface area contributed by atoms with Crippen LogP contribution in [0.4, 0.5) is 0 Å². The summed E-state index contributed by atoms with van der Waals surface area (Å²) in [5, 5.41) is 0. The van der Waals surface area contributed by atoms with Crippen LogP contribution in [0.1, 0.15) is 47.8 Å². The Kier molecular flexibility index (Phi) is 5.34. The van der Waals surface area contributed by atoms with Crippen molar-refractivity contribution in [2.45, 2.75) is 38.1 Å². The Labute approximate surface area is 137 Å². The molecule has 0 saturated heterocycles. The van der Waals surface area contributed by atoms with Crippen LogP contribution in [0.2, 0.25) is 0 Å².